The van der Waals surface area contributed by atoms with E-state index in [4.69, 9.17) is 4.74 Å². The van der Waals surface area contributed by atoms with E-state index in [1.165, 1.54) is 12.0 Å². The van der Waals surface area contributed by atoms with Crippen LogP contribution in [0.15, 0.2) is 41.6 Å². The van der Waals surface area contributed by atoms with Crippen molar-refractivity contribution in [3.05, 3.63) is 47.2 Å². The minimum absolute atomic E-state index is 0.00650. The van der Waals surface area contributed by atoms with Crippen molar-refractivity contribution in [2.24, 2.45) is 0 Å². The Morgan fingerprint density at radius 3 is 2.61 bits per heavy atom. The van der Waals surface area contributed by atoms with Crippen molar-refractivity contribution in [1.82, 2.24) is 4.90 Å². The molecule has 1 aromatic rings. The number of β-lactam (4-membered cyclic amide) rings is 1. The Morgan fingerprint density at radius 2 is 1.96 bits per heavy atom. The molecule has 2 heterocycles. The molecule has 0 N–H and O–H groups in total. The van der Waals surface area contributed by atoms with Gasteiger partial charge in [0, 0.05) is 12.5 Å². The quantitative estimate of drug-likeness (QED) is 0.609. The van der Waals surface area contributed by atoms with Crippen molar-refractivity contribution in [2.45, 2.75) is 31.9 Å². The van der Waals surface area contributed by atoms with Crippen LogP contribution in [0.3, 0.4) is 0 Å². The molecule has 2 aliphatic rings. The summed E-state index contributed by atoms with van der Waals surface area (Å²) in [6, 6.07) is 9.27. The van der Waals surface area contributed by atoms with E-state index in [0.29, 0.717) is 18.4 Å². The van der Waals surface area contributed by atoms with Gasteiger partial charge in [-0.25, -0.2) is 4.79 Å². The van der Waals surface area contributed by atoms with Crippen molar-refractivity contribution in [2.75, 3.05) is 7.11 Å². The van der Waals surface area contributed by atoms with Gasteiger partial charge in [0.1, 0.15) is 12.3 Å². The Labute approximate surface area is 133 Å². The van der Waals surface area contributed by atoms with E-state index >= 15 is 0 Å². The summed E-state index contributed by atoms with van der Waals surface area (Å²) in [6.07, 6.45) is 0.934. The summed E-state index contributed by atoms with van der Waals surface area (Å²) in [5.74, 6) is -1.10. The number of carbonyl (C=O) groups excluding carboxylic acids is 3. The largest absolute Gasteiger partial charge is 0.469 e. The topological polar surface area (TPSA) is 72.9 Å². The number of amides is 1. The van der Waals surface area contributed by atoms with Gasteiger partial charge in [-0.15, -0.1) is 0 Å². The first-order valence-electron chi connectivity index (χ1n) is 7.42. The molecule has 3 rings (SSSR count). The van der Waals surface area contributed by atoms with Crippen LogP contribution in [0.25, 0.3) is 0 Å². The van der Waals surface area contributed by atoms with E-state index in [-0.39, 0.29) is 30.7 Å². The normalized spacial score (nSPS) is 19.3. The second-order valence-electron chi connectivity index (χ2n) is 5.59. The molecule has 1 aromatic carbocycles. The molecule has 0 spiro atoms. The number of rotatable bonds is 5. The van der Waals surface area contributed by atoms with Crippen LogP contribution < -0.4 is 0 Å². The van der Waals surface area contributed by atoms with E-state index < -0.39 is 11.9 Å². The van der Waals surface area contributed by atoms with Gasteiger partial charge in [0.25, 0.3) is 0 Å². The van der Waals surface area contributed by atoms with Gasteiger partial charge < -0.3 is 14.4 Å². The van der Waals surface area contributed by atoms with Gasteiger partial charge in [-0.1, -0.05) is 30.3 Å². The van der Waals surface area contributed by atoms with Gasteiger partial charge in [0.05, 0.1) is 13.5 Å². The van der Waals surface area contributed by atoms with Crippen LogP contribution in [0.5, 0.6) is 0 Å². The summed E-state index contributed by atoms with van der Waals surface area (Å²) in [5, 5.41) is 0. The molecule has 120 valence electrons. The number of carbonyl (C=O) groups is 3. The Kier molecular flexibility index (Phi) is 4.14. The molecule has 1 atom stereocenters. The van der Waals surface area contributed by atoms with Crippen LogP contribution in [0.4, 0.5) is 0 Å². The Hall–Kier alpha value is -2.63. The van der Waals surface area contributed by atoms with Gasteiger partial charge in [-0.3, -0.25) is 9.59 Å². The van der Waals surface area contributed by atoms with Crippen LogP contribution in [0.2, 0.25) is 0 Å². The summed E-state index contributed by atoms with van der Waals surface area (Å²) < 4.78 is 9.97. The molecular weight excluding hydrogens is 298 g/mol. The van der Waals surface area contributed by atoms with Gasteiger partial charge >= 0.3 is 11.9 Å². The fourth-order valence-corrected chi connectivity index (χ4v) is 2.94. The molecule has 0 bridgehead atoms. The van der Waals surface area contributed by atoms with Crippen LogP contribution in [0.1, 0.15) is 24.8 Å². The minimum atomic E-state index is -0.566. The molecule has 0 radical (unpaired) electrons. The molecule has 2 aliphatic heterocycles. The molecular formula is C17H17NO5. The van der Waals surface area contributed by atoms with Gasteiger partial charge in [0.15, 0.2) is 0 Å². The second kappa shape index (κ2) is 6.24. The highest BCUT2D eigenvalue weighted by Gasteiger charge is 2.48. The lowest BCUT2D eigenvalue weighted by atomic mass is 10.00. The summed E-state index contributed by atoms with van der Waals surface area (Å²) in [4.78, 5) is 37.1. The highest BCUT2D eigenvalue weighted by atomic mass is 16.5. The Balaban J connectivity index is 1.75. The number of methoxy groups -OCH3 is 1. The number of benzene rings is 1. The van der Waals surface area contributed by atoms with E-state index in [1.54, 1.807) is 0 Å². The van der Waals surface area contributed by atoms with E-state index in [0.717, 1.165) is 5.56 Å². The third-order valence-electron chi connectivity index (χ3n) is 4.09. The lowest BCUT2D eigenvalue weighted by Gasteiger charge is -2.35. The first-order chi connectivity index (χ1) is 11.1. The number of hydrogen-bond acceptors (Lipinski definition) is 5. The molecule has 0 aliphatic carbocycles. The molecule has 23 heavy (non-hydrogen) atoms. The van der Waals surface area contributed by atoms with Gasteiger partial charge in [-0.2, -0.15) is 0 Å². The molecule has 0 saturated carbocycles. The molecule has 6 nitrogen and oxygen atoms in total. The summed E-state index contributed by atoms with van der Waals surface area (Å²) in [6.45, 7) is 0.126. The standard InChI is InChI=1S/C17H17NO5/c1-22-15(20)8-12-7-13-9-14(19)18(13)16(12)17(21)23-10-11-5-3-2-4-6-11/h2-6,13H,7-10H2,1H3/t13-/m1/s1. The van der Waals surface area contributed by atoms with Crippen LogP contribution in [-0.2, 0) is 30.5 Å². The second-order valence-corrected chi connectivity index (χ2v) is 5.59. The first kappa shape index (κ1) is 15.3. The average Bonchev–Trinajstić information content (AvgIpc) is 2.85. The zero-order valence-electron chi connectivity index (χ0n) is 12.8. The van der Waals surface area contributed by atoms with E-state index in [2.05, 4.69) is 4.74 Å². The minimum Gasteiger partial charge on any atom is -0.469 e. The third-order valence-corrected chi connectivity index (χ3v) is 4.09. The number of esters is 2. The predicted molar refractivity (Wildman–Crippen MR) is 79.8 cm³/mol. The van der Waals surface area contributed by atoms with E-state index in [9.17, 15) is 14.4 Å². The summed E-state index contributed by atoms with van der Waals surface area (Å²) >= 11 is 0. The van der Waals surface area contributed by atoms with E-state index in [1.807, 2.05) is 30.3 Å². The van der Waals surface area contributed by atoms with Crippen molar-refractivity contribution >= 4 is 17.8 Å². The fourth-order valence-electron chi connectivity index (χ4n) is 2.94. The average molecular weight is 315 g/mol. The lowest BCUT2D eigenvalue weighted by Crippen LogP contribution is -2.49. The molecule has 1 fully saturated rings. The number of hydrogen-bond donors (Lipinski definition) is 0. The van der Waals surface area contributed by atoms with Gasteiger partial charge in [-0.05, 0) is 17.6 Å². The Bertz CT molecular complexity index is 679. The monoisotopic (exact) mass is 315 g/mol. The summed E-state index contributed by atoms with van der Waals surface area (Å²) in [7, 11) is 1.30. The Morgan fingerprint density at radius 1 is 1.22 bits per heavy atom. The molecule has 1 saturated heterocycles. The maximum Gasteiger partial charge on any atom is 0.355 e. The molecule has 0 aromatic heterocycles. The van der Waals surface area contributed by atoms with Crippen molar-refractivity contribution < 1.29 is 23.9 Å². The van der Waals surface area contributed by atoms with Crippen LogP contribution in [-0.4, -0.2) is 35.9 Å². The SMILES string of the molecule is COC(=O)CC1=C(C(=O)OCc2ccccc2)N2C(=O)C[C@H]2C1. The zero-order chi connectivity index (χ0) is 16.4. The molecule has 6 heteroatoms. The van der Waals surface area contributed by atoms with Crippen LogP contribution >= 0.6 is 0 Å². The fraction of sp³-hybridized carbons (Fsp3) is 0.353. The predicted octanol–water partition coefficient (Wildman–Crippen LogP) is 1.55. The maximum absolute atomic E-state index is 12.4. The van der Waals surface area contributed by atoms with Crippen molar-refractivity contribution in [1.29, 1.82) is 0 Å². The molecule has 0 unspecified atom stereocenters. The first-order valence-corrected chi connectivity index (χ1v) is 7.42. The smallest absolute Gasteiger partial charge is 0.355 e. The third kappa shape index (κ3) is 2.97. The van der Waals surface area contributed by atoms with Crippen molar-refractivity contribution in [3.63, 3.8) is 0 Å². The number of nitrogens with zero attached hydrogens (tertiary/aromatic N) is 1. The van der Waals surface area contributed by atoms with Crippen LogP contribution in [0, 0.1) is 0 Å². The molecule has 1 amide bonds. The number of ether oxygens (including phenoxy) is 2. The van der Waals surface area contributed by atoms with Gasteiger partial charge in [0.2, 0.25) is 5.91 Å². The highest BCUT2D eigenvalue weighted by molar-refractivity contribution is 5.99. The maximum atomic E-state index is 12.4. The lowest BCUT2D eigenvalue weighted by molar-refractivity contribution is -0.151. The highest BCUT2D eigenvalue weighted by Crippen LogP contribution is 2.40. The van der Waals surface area contributed by atoms with Crippen molar-refractivity contribution in [3.8, 4) is 0 Å². The number of fused-ring (bicyclic) bond motifs is 1. The zero-order valence-corrected chi connectivity index (χ0v) is 12.8. The summed E-state index contributed by atoms with van der Waals surface area (Å²) in [5.41, 5.74) is 1.69.